The van der Waals surface area contributed by atoms with Crippen molar-refractivity contribution < 1.29 is 4.92 Å². The molecule has 0 saturated heterocycles. The van der Waals surface area contributed by atoms with Gasteiger partial charge in [-0.3, -0.25) is 14.8 Å². The van der Waals surface area contributed by atoms with E-state index in [0.717, 1.165) is 10.9 Å². The lowest BCUT2D eigenvalue weighted by Gasteiger charge is -1.90. The zero-order valence-corrected chi connectivity index (χ0v) is 7.96. The van der Waals surface area contributed by atoms with Gasteiger partial charge in [-0.25, -0.2) is 0 Å². The average molecular weight is 203 g/mol. The second kappa shape index (κ2) is 3.53. The van der Waals surface area contributed by atoms with Gasteiger partial charge in [0, 0.05) is 23.7 Å². The van der Waals surface area contributed by atoms with Crippen LogP contribution >= 0.6 is 0 Å². The molecule has 0 fully saturated rings. The highest BCUT2D eigenvalue weighted by Crippen LogP contribution is 2.19. The fourth-order valence-electron chi connectivity index (χ4n) is 1.40. The van der Waals surface area contributed by atoms with E-state index < -0.39 is 4.92 Å². The Kier molecular flexibility index (Phi) is 2.21. The number of hydrogen-bond donors (Lipinski definition) is 0. The predicted molar refractivity (Wildman–Crippen MR) is 56.6 cm³/mol. The van der Waals surface area contributed by atoms with Crippen LogP contribution < -0.4 is 0 Å². The molecule has 0 radical (unpaired) electrons. The van der Waals surface area contributed by atoms with E-state index in [4.69, 9.17) is 0 Å². The Balaban J connectivity index is 2.51. The molecule has 0 amide bonds. The lowest BCUT2D eigenvalue weighted by molar-refractivity contribution is -0.384. The van der Waals surface area contributed by atoms with Crippen LogP contribution in [0.15, 0.2) is 37.1 Å². The highest BCUT2D eigenvalue weighted by molar-refractivity contribution is 5.80. The topological polar surface area (TPSA) is 61.0 Å². The number of benzene rings is 1. The largest absolute Gasteiger partial charge is 0.270 e. The fourth-order valence-corrected chi connectivity index (χ4v) is 1.40. The van der Waals surface area contributed by atoms with E-state index in [2.05, 4.69) is 11.7 Å². The molecule has 1 heterocycles. The van der Waals surface area contributed by atoms with Crippen LogP contribution in [-0.4, -0.2) is 14.7 Å². The Morgan fingerprint density at radius 1 is 1.60 bits per heavy atom. The van der Waals surface area contributed by atoms with Gasteiger partial charge in [-0.05, 0) is 6.07 Å². The third-order valence-corrected chi connectivity index (χ3v) is 2.06. The standard InChI is InChI=1S/C10H9N3O2/c1-2-5-12-7-8-6-9(13(14)15)3-4-10(8)11-12/h2-4,6-7H,1,5H2. The molecule has 0 spiro atoms. The summed E-state index contributed by atoms with van der Waals surface area (Å²) in [5.41, 5.74) is 0.836. The van der Waals surface area contributed by atoms with Crippen molar-refractivity contribution in [3.63, 3.8) is 0 Å². The van der Waals surface area contributed by atoms with E-state index in [9.17, 15) is 10.1 Å². The van der Waals surface area contributed by atoms with Crippen LogP contribution in [0.4, 0.5) is 5.69 Å². The minimum Gasteiger partial charge on any atom is -0.268 e. The minimum absolute atomic E-state index is 0.0839. The van der Waals surface area contributed by atoms with Gasteiger partial charge < -0.3 is 0 Å². The summed E-state index contributed by atoms with van der Waals surface area (Å²) in [6.07, 6.45) is 3.49. The number of nitrogens with zero attached hydrogens (tertiary/aromatic N) is 3. The molecule has 15 heavy (non-hydrogen) atoms. The van der Waals surface area contributed by atoms with Crippen molar-refractivity contribution in [2.45, 2.75) is 6.54 Å². The second-order valence-electron chi connectivity index (χ2n) is 3.14. The maximum Gasteiger partial charge on any atom is 0.270 e. The summed E-state index contributed by atoms with van der Waals surface area (Å²) in [6.45, 7) is 4.20. The Bertz CT molecular complexity index is 530. The van der Waals surface area contributed by atoms with Crippen molar-refractivity contribution >= 4 is 16.6 Å². The van der Waals surface area contributed by atoms with E-state index in [1.165, 1.54) is 12.1 Å². The Labute approximate surface area is 85.8 Å². The van der Waals surface area contributed by atoms with E-state index in [0.29, 0.717) is 6.54 Å². The third kappa shape index (κ3) is 1.71. The third-order valence-electron chi connectivity index (χ3n) is 2.06. The Morgan fingerprint density at radius 2 is 2.40 bits per heavy atom. The van der Waals surface area contributed by atoms with Gasteiger partial charge in [-0.2, -0.15) is 5.10 Å². The lowest BCUT2D eigenvalue weighted by atomic mass is 10.2. The van der Waals surface area contributed by atoms with Crippen molar-refractivity contribution in [2.75, 3.05) is 0 Å². The average Bonchev–Trinajstić information content (AvgIpc) is 2.59. The first-order chi connectivity index (χ1) is 7.20. The summed E-state index contributed by atoms with van der Waals surface area (Å²) < 4.78 is 1.70. The maximum absolute atomic E-state index is 10.5. The summed E-state index contributed by atoms with van der Waals surface area (Å²) in [7, 11) is 0. The lowest BCUT2D eigenvalue weighted by Crippen LogP contribution is -1.93. The quantitative estimate of drug-likeness (QED) is 0.436. The molecule has 0 unspecified atom stereocenters. The summed E-state index contributed by atoms with van der Waals surface area (Å²) in [5, 5.41) is 15.5. The number of hydrogen-bond acceptors (Lipinski definition) is 3. The molecule has 1 aromatic carbocycles. The van der Waals surface area contributed by atoms with E-state index in [1.807, 2.05) is 0 Å². The first-order valence-corrected chi connectivity index (χ1v) is 4.43. The van der Waals surface area contributed by atoms with E-state index >= 15 is 0 Å². The van der Waals surface area contributed by atoms with Crippen LogP contribution in [0.25, 0.3) is 10.9 Å². The minimum atomic E-state index is -0.412. The van der Waals surface area contributed by atoms with Gasteiger partial charge in [-0.1, -0.05) is 6.08 Å². The van der Waals surface area contributed by atoms with Gasteiger partial charge in [0.15, 0.2) is 0 Å². The zero-order valence-electron chi connectivity index (χ0n) is 7.96. The molecule has 0 aliphatic rings. The van der Waals surface area contributed by atoms with Crippen LogP contribution in [0.3, 0.4) is 0 Å². The van der Waals surface area contributed by atoms with E-state index in [-0.39, 0.29) is 5.69 Å². The summed E-state index contributed by atoms with van der Waals surface area (Å²) in [6, 6.07) is 4.61. The number of allylic oxidation sites excluding steroid dienone is 1. The first-order valence-electron chi connectivity index (χ1n) is 4.43. The van der Waals surface area contributed by atoms with Crippen molar-refractivity contribution in [3.05, 3.63) is 47.2 Å². The van der Waals surface area contributed by atoms with Crippen molar-refractivity contribution in [1.29, 1.82) is 0 Å². The molecule has 0 aliphatic heterocycles. The molecular weight excluding hydrogens is 194 g/mol. The number of aromatic nitrogens is 2. The van der Waals surface area contributed by atoms with Crippen LogP contribution in [0, 0.1) is 10.1 Å². The SMILES string of the molecule is C=CCn1cc2cc([N+](=O)[O-])ccc2n1. The molecule has 0 aliphatic carbocycles. The highest BCUT2D eigenvalue weighted by Gasteiger charge is 2.07. The molecule has 2 aromatic rings. The molecule has 0 saturated carbocycles. The summed E-state index contributed by atoms with van der Waals surface area (Å²) >= 11 is 0. The molecular formula is C10H9N3O2. The van der Waals surface area contributed by atoms with Gasteiger partial charge in [0.1, 0.15) is 0 Å². The van der Waals surface area contributed by atoms with Gasteiger partial charge in [-0.15, -0.1) is 6.58 Å². The Hall–Kier alpha value is -2.17. The van der Waals surface area contributed by atoms with Crippen molar-refractivity contribution in [2.24, 2.45) is 0 Å². The first kappa shape index (κ1) is 9.39. The summed E-state index contributed by atoms with van der Waals surface area (Å²) in [5.74, 6) is 0. The van der Waals surface area contributed by atoms with E-state index in [1.54, 1.807) is 23.0 Å². The monoisotopic (exact) mass is 203 g/mol. The molecule has 5 heteroatoms. The number of rotatable bonds is 3. The highest BCUT2D eigenvalue weighted by atomic mass is 16.6. The van der Waals surface area contributed by atoms with Gasteiger partial charge in [0.25, 0.3) is 5.69 Å². The van der Waals surface area contributed by atoms with Crippen molar-refractivity contribution in [3.8, 4) is 0 Å². The molecule has 5 nitrogen and oxygen atoms in total. The molecule has 0 atom stereocenters. The molecule has 0 N–H and O–H groups in total. The van der Waals surface area contributed by atoms with Gasteiger partial charge >= 0.3 is 0 Å². The Morgan fingerprint density at radius 3 is 3.07 bits per heavy atom. The van der Waals surface area contributed by atoms with Gasteiger partial charge in [0.05, 0.1) is 17.0 Å². The molecule has 1 aromatic heterocycles. The molecule has 0 bridgehead atoms. The number of nitro benzene ring substituents is 1. The number of fused-ring (bicyclic) bond motifs is 1. The van der Waals surface area contributed by atoms with Gasteiger partial charge in [0.2, 0.25) is 0 Å². The smallest absolute Gasteiger partial charge is 0.268 e. The molecule has 2 rings (SSSR count). The molecule has 76 valence electrons. The zero-order chi connectivity index (χ0) is 10.8. The normalized spacial score (nSPS) is 10.4. The maximum atomic E-state index is 10.5. The second-order valence-corrected chi connectivity index (χ2v) is 3.14. The number of non-ortho nitro benzene ring substituents is 1. The van der Waals surface area contributed by atoms with Crippen molar-refractivity contribution in [1.82, 2.24) is 9.78 Å². The predicted octanol–water partition coefficient (Wildman–Crippen LogP) is 2.13. The van der Waals surface area contributed by atoms with Crippen LogP contribution in [-0.2, 0) is 6.54 Å². The van der Waals surface area contributed by atoms with Crippen LogP contribution in [0.2, 0.25) is 0 Å². The fraction of sp³-hybridized carbons (Fsp3) is 0.100. The summed E-state index contributed by atoms with van der Waals surface area (Å²) in [4.78, 5) is 10.1. The van der Waals surface area contributed by atoms with Crippen LogP contribution in [0.1, 0.15) is 0 Å². The van der Waals surface area contributed by atoms with Crippen LogP contribution in [0.5, 0.6) is 0 Å². The number of nitro groups is 1.